The Morgan fingerprint density at radius 3 is 2.59 bits per heavy atom. The van der Waals surface area contributed by atoms with Gasteiger partial charge < -0.3 is 20.3 Å². The predicted molar refractivity (Wildman–Crippen MR) is 128 cm³/mol. The van der Waals surface area contributed by atoms with Crippen molar-refractivity contribution in [3.05, 3.63) is 29.3 Å². The summed E-state index contributed by atoms with van der Waals surface area (Å²) in [6.07, 6.45) is 7.36. The fraction of sp³-hybridized carbons (Fsp3) is 0.636. The molecule has 0 heterocycles. The predicted octanol–water partition coefficient (Wildman–Crippen LogP) is 3.47. The van der Waals surface area contributed by atoms with Gasteiger partial charge in [-0.15, -0.1) is 24.0 Å². The Morgan fingerprint density at radius 2 is 1.93 bits per heavy atom. The molecular weight excluding hydrogens is 479 g/mol. The number of carbonyl (C=O) groups is 1. The van der Waals surface area contributed by atoms with Crippen molar-refractivity contribution < 1.29 is 9.53 Å². The maximum absolute atomic E-state index is 12.0. The van der Waals surface area contributed by atoms with E-state index in [1.54, 1.807) is 19.0 Å². The molecular formula is C22H35IN4O2. The minimum absolute atomic E-state index is 0. The fourth-order valence-corrected chi connectivity index (χ4v) is 3.32. The van der Waals surface area contributed by atoms with Crippen LogP contribution in [0.4, 0.5) is 0 Å². The highest BCUT2D eigenvalue weighted by molar-refractivity contribution is 14.0. The Balaban J connectivity index is 0.00000300. The second-order valence-corrected chi connectivity index (χ2v) is 8.30. The first-order valence-corrected chi connectivity index (χ1v) is 10.5. The average molecular weight is 514 g/mol. The number of hydrogen-bond donors (Lipinski definition) is 2. The molecule has 1 aromatic carbocycles. The number of benzene rings is 1. The smallest absolute Gasteiger partial charge is 0.241 e. The van der Waals surface area contributed by atoms with Crippen LogP contribution in [0.2, 0.25) is 0 Å². The SMILES string of the molecule is Cc1ccc(CN=C(NCC(=O)N(C)C)NC2CCCC2)c(OCC2CC2)c1.I. The van der Waals surface area contributed by atoms with Crippen LogP contribution in [0.15, 0.2) is 23.2 Å². The highest BCUT2D eigenvalue weighted by Gasteiger charge is 2.22. The van der Waals surface area contributed by atoms with Crippen LogP contribution in [-0.2, 0) is 11.3 Å². The van der Waals surface area contributed by atoms with Gasteiger partial charge in [0.1, 0.15) is 5.75 Å². The van der Waals surface area contributed by atoms with Crippen LogP contribution in [-0.4, -0.2) is 50.1 Å². The number of rotatable bonds is 8. The molecule has 162 valence electrons. The number of aryl methyl sites for hydroxylation is 1. The van der Waals surface area contributed by atoms with Crippen molar-refractivity contribution in [1.29, 1.82) is 0 Å². The number of hydrogen-bond acceptors (Lipinski definition) is 3. The van der Waals surface area contributed by atoms with E-state index >= 15 is 0 Å². The van der Waals surface area contributed by atoms with Crippen LogP contribution in [0, 0.1) is 12.8 Å². The van der Waals surface area contributed by atoms with Gasteiger partial charge in [0, 0.05) is 25.7 Å². The number of nitrogens with one attached hydrogen (secondary N) is 2. The molecule has 1 aromatic rings. The zero-order chi connectivity index (χ0) is 19.9. The molecule has 0 radical (unpaired) electrons. The summed E-state index contributed by atoms with van der Waals surface area (Å²) in [5.41, 5.74) is 2.27. The van der Waals surface area contributed by atoms with E-state index in [1.165, 1.54) is 31.2 Å². The summed E-state index contributed by atoms with van der Waals surface area (Å²) in [5.74, 6) is 2.39. The van der Waals surface area contributed by atoms with Crippen LogP contribution in [0.5, 0.6) is 5.75 Å². The van der Waals surface area contributed by atoms with E-state index in [9.17, 15) is 4.79 Å². The lowest BCUT2D eigenvalue weighted by atomic mass is 10.1. The van der Waals surface area contributed by atoms with E-state index in [0.717, 1.165) is 36.7 Å². The molecule has 2 N–H and O–H groups in total. The maximum Gasteiger partial charge on any atom is 0.241 e. The second kappa shape index (κ2) is 11.6. The number of aliphatic imine (C=N–C) groups is 1. The third-order valence-electron chi connectivity index (χ3n) is 5.40. The zero-order valence-corrected chi connectivity index (χ0v) is 20.2. The van der Waals surface area contributed by atoms with Gasteiger partial charge in [-0.2, -0.15) is 0 Å². The molecule has 0 aliphatic heterocycles. The second-order valence-electron chi connectivity index (χ2n) is 8.30. The van der Waals surface area contributed by atoms with Gasteiger partial charge in [-0.1, -0.05) is 25.0 Å². The molecule has 0 bridgehead atoms. The lowest BCUT2D eigenvalue weighted by Crippen LogP contribution is -2.46. The Kier molecular flexibility index (Phi) is 9.52. The molecule has 1 amide bonds. The zero-order valence-electron chi connectivity index (χ0n) is 17.9. The number of amides is 1. The number of likely N-dealkylation sites (N-methyl/N-ethyl adjacent to an activating group) is 1. The van der Waals surface area contributed by atoms with E-state index in [-0.39, 0.29) is 36.4 Å². The van der Waals surface area contributed by atoms with Crippen molar-refractivity contribution in [1.82, 2.24) is 15.5 Å². The molecule has 0 spiro atoms. The van der Waals surface area contributed by atoms with Gasteiger partial charge in [-0.3, -0.25) is 4.79 Å². The Bertz CT molecular complexity index is 698. The van der Waals surface area contributed by atoms with Crippen molar-refractivity contribution in [2.75, 3.05) is 27.2 Å². The summed E-state index contributed by atoms with van der Waals surface area (Å²) in [5, 5.41) is 6.69. The first-order valence-electron chi connectivity index (χ1n) is 10.5. The first-order chi connectivity index (χ1) is 13.5. The molecule has 7 heteroatoms. The lowest BCUT2D eigenvalue weighted by molar-refractivity contribution is -0.127. The quantitative estimate of drug-likeness (QED) is 0.317. The molecule has 0 aromatic heterocycles. The Labute approximate surface area is 191 Å². The monoisotopic (exact) mass is 514 g/mol. The number of nitrogens with zero attached hydrogens (tertiary/aromatic N) is 2. The third kappa shape index (κ3) is 8.03. The summed E-state index contributed by atoms with van der Waals surface area (Å²) in [4.78, 5) is 18.3. The van der Waals surface area contributed by atoms with Gasteiger partial charge in [0.15, 0.2) is 5.96 Å². The van der Waals surface area contributed by atoms with E-state index in [0.29, 0.717) is 18.5 Å². The van der Waals surface area contributed by atoms with Crippen molar-refractivity contribution in [3.63, 3.8) is 0 Å². The van der Waals surface area contributed by atoms with Gasteiger partial charge in [-0.05, 0) is 50.2 Å². The molecule has 0 unspecified atom stereocenters. The molecule has 3 rings (SSSR count). The largest absolute Gasteiger partial charge is 0.493 e. The number of carbonyl (C=O) groups excluding carboxylic acids is 1. The highest BCUT2D eigenvalue weighted by atomic mass is 127. The van der Waals surface area contributed by atoms with Gasteiger partial charge in [0.25, 0.3) is 0 Å². The fourth-order valence-electron chi connectivity index (χ4n) is 3.32. The average Bonchev–Trinajstić information content (AvgIpc) is 3.37. The molecule has 2 saturated carbocycles. The van der Waals surface area contributed by atoms with Gasteiger partial charge in [-0.25, -0.2) is 4.99 Å². The van der Waals surface area contributed by atoms with Crippen LogP contribution in [0.1, 0.15) is 49.7 Å². The van der Waals surface area contributed by atoms with Crippen molar-refractivity contribution in [2.45, 2.75) is 58.0 Å². The van der Waals surface area contributed by atoms with Crippen LogP contribution in [0.3, 0.4) is 0 Å². The molecule has 0 saturated heterocycles. The van der Waals surface area contributed by atoms with E-state index in [4.69, 9.17) is 9.73 Å². The van der Waals surface area contributed by atoms with Gasteiger partial charge >= 0.3 is 0 Å². The summed E-state index contributed by atoms with van der Waals surface area (Å²) in [7, 11) is 3.53. The van der Waals surface area contributed by atoms with E-state index < -0.39 is 0 Å². The molecule has 2 fully saturated rings. The molecule has 2 aliphatic carbocycles. The third-order valence-corrected chi connectivity index (χ3v) is 5.40. The van der Waals surface area contributed by atoms with Crippen molar-refractivity contribution in [3.8, 4) is 5.75 Å². The van der Waals surface area contributed by atoms with Crippen LogP contribution in [0.25, 0.3) is 0 Å². The van der Waals surface area contributed by atoms with Crippen LogP contribution < -0.4 is 15.4 Å². The van der Waals surface area contributed by atoms with Gasteiger partial charge in [0.2, 0.25) is 5.91 Å². The van der Waals surface area contributed by atoms with E-state index in [1.807, 2.05) is 0 Å². The first kappa shape index (κ1) is 23.8. The number of ether oxygens (including phenoxy) is 1. The summed E-state index contributed by atoms with van der Waals surface area (Å²) < 4.78 is 6.07. The molecule has 6 nitrogen and oxygen atoms in total. The summed E-state index contributed by atoms with van der Waals surface area (Å²) in [6, 6.07) is 6.73. The lowest BCUT2D eigenvalue weighted by Gasteiger charge is -2.19. The molecule has 2 aliphatic rings. The highest BCUT2D eigenvalue weighted by Crippen LogP contribution is 2.31. The van der Waals surface area contributed by atoms with E-state index in [2.05, 4.69) is 35.8 Å². The minimum atomic E-state index is 0. The standard InChI is InChI=1S/C22H34N4O2.HI/c1-16-8-11-18(20(12-16)28-15-17-9-10-17)13-23-22(24-14-21(27)26(2)3)25-19-6-4-5-7-19;/h8,11-12,17,19H,4-7,9-10,13-15H2,1-3H3,(H2,23,24,25);1H. The van der Waals surface area contributed by atoms with Crippen molar-refractivity contribution in [2.24, 2.45) is 10.9 Å². The maximum atomic E-state index is 12.0. The Morgan fingerprint density at radius 1 is 1.21 bits per heavy atom. The summed E-state index contributed by atoms with van der Waals surface area (Å²) >= 11 is 0. The number of guanidine groups is 1. The van der Waals surface area contributed by atoms with Crippen molar-refractivity contribution >= 4 is 35.8 Å². The van der Waals surface area contributed by atoms with Crippen LogP contribution >= 0.6 is 24.0 Å². The summed E-state index contributed by atoms with van der Waals surface area (Å²) in [6.45, 7) is 3.64. The van der Waals surface area contributed by atoms with Gasteiger partial charge in [0.05, 0.1) is 19.7 Å². The molecule has 0 atom stereocenters. The minimum Gasteiger partial charge on any atom is -0.493 e. The topological polar surface area (TPSA) is 66.0 Å². The normalized spacial score (nSPS) is 16.9. The number of halogens is 1. The Hall–Kier alpha value is -1.51. The molecule has 29 heavy (non-hydrogen) atoms.